The average Bonchev–Trinajstić information content (AvgIpc) is 3.28. The zero-order valence-electron chi connectivity index (χ0n) is 17.9. The van der Waals surface area contributed by atoms with Crippen LogP contribution in [0.15, 0.2) is 59.4 Å². The summed E-state index contributed by atoms with van der Waals surface area (Å²) in [6.07, 6.45) is 1.60. The molecule has 31 heavy (non-hydrogen) atoms. The predicted molar refractivity (Wildman–Crippen MR) is 117 cm³/mol. The number of rotatable bonds is 5. The molecule has 1 aliphatic heterocycles. The van der Waals surface area contributed by atoms with Crippen LogP contribution in [0.3, 0.4) is 0 Å². The molecule has 2 aromatic carbocycles. The Morgan fingerprint density at radius 2 is 1.84 bits per heavy atom. The average molecular weight is 419 g/mol. The topological polar surface area (TPSA) is 73.7 Å². The van der Waals surface area contributed by atoms with Crippen LogP contribution in [0.25, 0.3) is 5.69 Å². The van der Waals surface area contributed by atoms with Crippen LogP contribution in [0.2, 0.25) is 0 Å². The number of hydrogen-bond donors (Lipinski definition) is 0. The summed E-state index contributed by atoms with van der Waals surface area (Å²) in [5.41, 5.74) is 1.87. The molecule has 1 aliphatic rings. The molecule has 0 N–H and O–H groups in total. The molecule has 4 rings (SSSR count). The Bertz CT molecular complexity index is 1160. The van der Waals surface area contributed by atoms with Gasteiger partial charge in [-0.05, 0) is 50.1 Å². The van der Waals surface area contributed by atoms with Gasteiger partial charge in [0.05, 0.1) is 25.9 Å². The summed E-state index contributed by atoms with van der Waals surface area (Å²) >= 11 is 0. The molecule has 0 bridgehead atoms. The predicted octanol–water partition coefficient (Wildman–Crippen LogP) is 3.54. The molecule has 0 saturated carbocycles. The lowest BCUT2D eigenvalue weighted by Gasteiger charge is -2.26. The van der Waals surface area contributed by atoms with Gasteiger partial charge in [0, 0.05) is 23.9 Å². The Labute approximate surface area is 180 Å². The summed E-state index contributed by atoms with van der Waals surface area (Å²) < 4.78 is 12.5. The van der Waals surface area contributed by atoms with E-state index in [1.165, 1.54) is 6.07 Å². The van der Waals surface area contributed by atoms with E-state index >= 15 is 0 Å². The number of carbonyl (C=O) groups is 1. The molecule has 0 aliphatic carbocycles. The lowest BCUT2D eigenvalue weighted by atomic mass is 10.0. The first-order chi connectivity index (χ1) is 15.0. The zero-order chi connectivity index (χ0) is 22.0. The Morgan fingerprint density at radius 1 is 1.06 bits per heavy atom. The van der Waals surface area contributed by atoms with E-state index in [0.717, 1.165) is 24.1 Å². The summed E-state index contributed by atoms with van der Waals surface area (Å²) in [6, 6.07) is 16.3. The molecule has 1 fully saturated rings. The number of para-hydroxylation sites is 1. The molecule has 1 amide bonds. The van der Waals surface area contributed by atoms with Gasteiger partial charge in [0.15, 0.2) is 5.69 Å². The number of aromatic nitrogens is 2. The van der Waals surface area contributed by atoms with Gasteiger partial charge in [0.25, 0.3) is 5.91 Å². The maximum absolute atomic E-state index is 13.5. The fourth-order valence-electron chi connectivity index (χ4n) is 4.10. The van der Waals surface area contributed by atoms with E-state index < -0.39 is 0 Å². The molecule has 7 nitrogen and oxygen atoms in total. The zero-order valence-corrected chi connectivity index (χ0v) is 17.9. The van der Waals surface area contributed by atoms with Gasteiger partial charge in [0.1, 0.15) is 11.5 Å². The largest absolute Gasteiger partial charge is 0.497 e. The highest BCUT2D eigenvalue weighted by Gasteiger charge is 2.34. The van der Waals surface area contributed by atoms with Crippen molar-refractivity contribution in [3.8, 4) is 17.2 Å². The van der Waals surface area contributed by atoms with Crippen LogP contribution < -0.4 is 14.9 Å². The van der Waals surface area contributed by atoms with E-state index in [1.807, 2.05) is 48.5 Å². The second kappa shape index (κ2) is 8.63. The number of aryl methyl sites for hydroxylation is 1. The second-order valence-corrected chi connectivity index (χ2v) is 7.51. The first-order valence-corrected chi connectivity index (χ1v) is 10.2. The highest BCUT2D eigenvalue weighted by Crippen LogP contribution is 2.39. The van der Waals surface area contributed by atoms with Crippen LogP contribution in [0.5, 0.6) is 11.5 Å². The van der Waals surface area contributed by atoms with Crippen molar-refractivity contribution in [1.29, 1.82) is 0 Å². The van der Waals surface area contributed by atoms with E-state index in [4.69, 9.17) is 9.47 Å². The molecule has 0 radical (unpaired) electrons. The SMILES string of the molecule is COc1ccc(OC)c(C2CCCN2C(=O)c2nn(-c3ccccc3)c(C)cc2=O)c1. The van der Waals surface area contributed by atoms with E-state index in [-0.39, 0.29) is 23.1 Å². The maximum Gasteiger partial charge on any atom is 0.278 e. The van der Waals surface area contributed by atoms with Crippen molar-refractivity contribution in [3.05, 3.63) is 81.8 Å². The molecule has 7 heteroatoms. The summed E-state index contributed by atoms with van der Waals surface area (Å²) in [5.74, 6) is 1.00. The Hall–Kier alpha value is -3.61. The number of ether oxygens (including phenoxy) is 2. The standard InChI is InChI=1S/C24H25N3O4/c1-16-14-21(28)23(25-27(16)17-8-5-4-6-9-17)24(29)26-13-7-10-20(26)19-15-18(30-2)11-12-22(19)31-3/h4-6,8-9,11-12,14-15,20H,7,10,13H2,1-3H3. The van der Waals surface area contributed by atoms with E-state index in [0.29, 0.717) is 23.7 Å². The minimum absolute atomic E-state index is 0.0804. The molecule has 160 valence electrons. The van der Waals surface area contributed by atoms with Crippen LogP contribution in [0, 0.1) is 6.92 Å². The molecule has 1 aromatic heterocycles. The molecule has 3 aromatic rings. The van der Waals surface area contributed by atoms with Crippen LogP contribution in [-0.4, -0.2) is 41.4 Å². The third-order valence-corrected chi connectivity index (χ3v) is 5.62. The first-order valence-electron chi connectivity index (χ1n) is 10.2. The number of nitrogens with zero attached hydrogens (tertiary/aromatic N) is 3. The second-order valence-electron chi connectivity index (χ2n) is 7.51. The monoisotopic (exact) mass is 419 g/mol. The Balaban J connectivity index is 1.74. The van der Waals surface area contributed by atoms with E-state index in [9.17, 15) is 9.59 Å². The minimum Gasteiger partial charge on any atom is -0.497 e. The third kappa shape index (κ3) is 3.91. The number of carbonyl (C=O) groups excluding carboxylic acids is 1. The van der Waals surface area contributed by atoms with Gasteiger partial charge in [-0.3, -0.25) is 9.59 Å². The number of benzene rings is 2. The van der Waals surface area contributed by atoms with Gasteiger partial charge in [0.2, 0.25) is 5.43 Å². The van der Waals surface area contributed by atoms with Crippen molar-refractivity contribution in [3.63, 3.8) is 0 Å². The Kier molecular flexibility index (Phi) is 5.75. The van der Waals surface area contributed by atoms with Gasteiger partial charge in [-0.25, -0.2) is 4.68 Å². The molecule has 2 heterocycles. The van der Waals surface area contributed by atoms with Crippen molar-refractivity contribution < 1.29 is 14.3 Å². The summed E-state index contributed by atoms with van der Waals surface area (Å²) in [6.45, 7) is 2.35. The first kappa shape index (κ1) is 20.7. The van der Waals surface area contributed by atoms with Gasteiger partial charge >= 0.3 is 0 Å². The van der Waals surface area contributed by atoms with Gasteiger partial charge < -0.3 is 14.4 Å². The normalized spacial score (nSPS) is 15.7. The molecule has 1 unspecified atom stereocenters. The number of methoxy groups -OCH3 is 2. The number of likely N-dealkylation sites (tertiary alicyclic amines) is 1. The lowest BCUT2D eigenvalue weighted by Crippen LogP contribution is -2.36. The quantitative estimate of drug-likeness (QED) is 0.633. The molecule has 1 saturated heterocycles. The smallest absolute Gasteiger partial charge is 0.278 e. The van der Waals surface area contributed by atoms with Crippen molar-refractivity contribution >= 4 is 5.91 Å². The van der Waals surface area contributed by atoms with E-state index in [1.54, 1.807) is 30.7 Å². The highest BCUT2D eigenvalue weighted by atomic mass is 16.5. The van der Waals surface area contributed by atoms with Crippen molar-refractivity contribution in [2.24, 2.45) is 0 Å². The number of amides is 1. The van der Waals surface area contributed by atoms with Crippen LogP contribution in [0.4, 0.5) is 0 Å². The molecule has 1 atom stereocenters. The third-order valence-electron chi connectivity index (χ3n) is 5.62. The summed E-state index contributed by atoms with van der Waals surface area (Å²) in [5, 5.41) is 4.45. The van der Waals surface area contributed by atoms with Crippen LogP contribution >= 0.6 is 0 Å². The van der Waals surface area contributed by atoms with Gasteiger partial charge in [-0.2, -0.15) is 5.10 Å². The molecular formula is C24H25N3O4. The van der Waals surface area contributed by atoms with Crippen molar-refractivity contribution in [2.45, 2.75) is 25.8 Å². The van der Waals surface area contributed by atoms with Gasteiger partial charge in [-0.1, -0.05) is 18.2 Å². The van der Waals surface area contributed by atoms with Crippen LogP contribution in [0.1, 0.15) is 40.6 Å². The maximum atomic E-state index is 13.5. The van der Waals surface area contributed by atoms with Crippen molar-refractivity contribution in [2.75, 3.05) is 20.8 Å². The summed E-state index contributed by atoms with van der Waals surface area (Å²) in [7, 11) is 3.21. The number of hydrogen-bond acceptors (Lipinski definition) is 5. The Morgan fingerprint density at radius 3 is 2.55 bits per heavy atom. The van der Waals surface area contributed by atoms with Crippen molar-refractivity contribution in [1.82, 2.24) is 14.7 Å². The lowest BCUT2D eigenvalue weighted by molar-refractivity contribution is 0.0724. The van der Waals surface area contributed by atoms with Crippen LogP contribution in [-0.2, 0) is 0 Å². The molecule has 0 spiro atoms. The minimum atomic E-state index is -0.377. The fraction of sp³-hybridized carbons (Fsp3) is 0.292. The van der Waals surface area contributed by atoms with E-state index in [2.05, 4.69) is 5.10 Å². The highest BCUT2D eigenvalue weighted by molar-refractivity contribution is 5.92. The molecular weight excluding hydrogens is 394 g/mol. The summed E-state index contributed by atoms with van der Waals surface area (Å²) in [4.78, 5) is 27.9. The fourth-order valence-corrected chi connectivity index (χ4v) is 4.10. The van der Waals surface area contributed by atoms with Gasteiger partial charge in [-0.15, -0.1) is 0 Å².